The van der Waals surface area contributed by atoms with Crippen molar-refractivity contribution in [3.05, 3.63) is 53.7 Å². The van der Waals surface area contributed by atoms with Crippen molar-refractivity contribution >= 4 is 11.5 Å². The quantitative estimate of drug-likeness (QED) is 0.794. The van der Waals surface area contributed by atoms with Gasteiger partial charge in [-0.25, -0.2) is 4.98 Å². The third-order valence-electron chi connectivity index (χ3n) is 3.46. The summed E-state index contributed by atoms with van der Waals surface area (Å²) in [6.07, 6.45) is 1.84. The smallest absolute Gasteiger partial charge is 0.137 e. The fourth-order valence-corrected chi connectivity index (χ4v) is 2.32. The van der Waals surface area contributed by atoms with Gasteiger partial charge in [0, 0.05) is 44.7 Å². The first-order valence-corrected chi connectivity index (χ1v) is 7.17. The van der Waals surface area contributed by atoms with Gasteiger partial charge in [0.1, 0.15) is 5.82 Å². The van der Waals surface area contributed by atoms with E-state index in [0.29, 0.717) is 6.61 Å². The SMILES string of the molecule is COCCNCc1cccnc1N(C)c1ccccc1C. The van der Waals surface area contributed by atoms with E-state index < -0.39 is 0 Å². The zero-order chi connectivity index (χ0) is 15.1. The molecule has 112 valence electrons. The number of nitrogens with zero attached hydrogens (tertiary/aromatic N) is 2. The fourth-order valence-electron chi connectivity index (χ4n) is 2.32. The minimum absolute atomic E-state index is 0.712. The zero-order valence-electron chi connectivity index (χ0n) is 13.0. The third-order valence-corrected chi connectivity index (χ3v) is 3.46. The van der Waals surface area contributed by atoms with Gasteiger partial charge in [-0.05, 0) is 24.6 Å². The summed E-state index contributed by atoms with van der Waals surface area (Å²) < 4.78 is 5.05. The van der Waals surface area contributed by atoms with Gasteiger partial charge in [-0.1, -0.05) is 24.3 Å². The van der Waals surface area contributed by atoms with Gasteiger partial charge in [0.15, 0.2) is 0 Å². The van der Waals surface area contributed by atoms with Gasteiger partial charge in [-0.2, -0.15) is 0 Å². The van der Waals surface area contributed by atoms with Crippen LogP contribution in [-0.2, 0) is 11.3 Å². The number of aromatic nitrogens is 1. The lowest BCUT2D eigenvalue weighted by molar-refractivity contribution is 0.199. The van der Waals surface area contributed by atoms with Gasteiger partial charge in [-0.15, -0.1) is 0 Å². The Hall–Kier alpha value is -1.91. The largest absolute Gasteiger partial charge is 0.383 e. The van der Waals surface area contributed by atoms with Crippen LogP contribution in [0.5, 0.6) is 0 Å². The molecule has 0 saturated heterocycles. The average Bonchev–Trinajstić information content (AvgIpc) is 2.52. The number of para-hydroxylation sites is 1. The van der Waals surface area contributed by atoms with Gasteiger partial charge >= 0.3 is 0 Å². The lowest BCUT2D eigenvalue weighted by atomic mass is 10.1. The van der Waals surface area contributed by atoms with E-state index in [1.165, 1.54) is 16.8 Å². The number of rotatable bonds is 7. The Morgan fingerprint density at radius 3 is 2.76 bits per heavy atom. The first kappa shape index (κ1) is 15.5. The van der Waals surface area contributed by atoms with Crippen LogP contribution in [0.2, 0.25) is 0 Å². The highest BCUT2D eigenvalue weighted by atomic mass is 16.5. The van der Waals surface area contributed by atoms with Crippen molar-refractivity contribution in [3.63, 3.8) is 0 Å². The average molecular weight is 285 g/mol. The number of methoxy groups -OCH3 is 1. The summed E-state index contributed by atoms with van der Waals surface area (Å²) in [7, 11) is 3.77. The van der Waals surface area contributed by atoms with Crippen LogP contribution in [-0.4, -0.2) is 32.3 Å². The van der Waals surface area contributed by atoms with Crippen molar-refractivity contribution in [2.24, 2.45) is 0 Å². The molecule has 0 radical (unpaired) electrons. The van der Waals surface area contributed by atoms with Crippen LogP contribution in [0.15, 0.2) is 42.6 Å². The molecule has 0 aliphatic carbocycles. The molecule has 2 rings (SSSR count). The van der Waals surface area contributed by atoms with Crippen LogP contribution in [0.4, 0.5) is 11.5 Å². The second-order valence-corrected chi connectivity index (χ2v) is 5.00. The summed E-state index contributed by atoms with van der Waals surface area (Å²) in [4.78, 5) is 6.69. The number of nitrogens with one attached hydrogen (secondary N) is 1. The molecular formula is C17H23N3O. The van der Waals surface area contributed by atoms with Gasteiger partial charge in [-0.3, -0.25) is 0 Å². The molecule has 4 heteroatoms. The first-order chi connectivity index (χ1) is 10.2. The van der Waals surface area contributed by atoms with Crippen molar-refractivity contribution in [2.75, 3.05) is 32.2 Å². The Morgan fingerprint density at radius 2 is 2.00 bits per heavy atom. The summed E-state index contributed by atoms with van der Waals surface area (Å²) in [6.45, 7) is 4.44. The number of hydrogen-bond donors (Lipinski definition) is 1. The molecule has 1 aromatic carbocycles. The summed E-state index contributed by atoms with van der Waals surface area (Å²) in [5.74, 6) is 0.983. The first-order valence-electron chi connectivity index (χ1n) is 7.17. The van der Waals surface area contributed by atoms with Crippen LogP contribution in [0, 0.1) is 6.92 Å². The fraction of sp³-hybridized carbons (Fsp3) is 0.353. The standard InChI is InChI=1S/C17H23N3O/c1-14-7-4-5-9-16(14)20(2)17-15(8-6-10-19-17)13-18-11-12-21-3/h4-10,18H,11-13H2,1-3H3. The number of benzene rings is 1. The highest BCUT2D eigenvalue weighted by Gasteiger charge is 2.11. The summed E-state index contributed by atoms with van der Waals surface area (Å²) >= 11 is 0. The van der Waals surface area contributed by atoms with E-state index in [2.05, 4.69) is 59.5 Å². The maximum Gasteiger partial charge on any atom is 0.137 e. The molecule has 2 aromatic rings. The Balaban J connectivity index is 2.17. The highest BCUT2D eigenvalue weighted by Crippen LogP contribution is 2.27. The summed E-state index contributed by atoms with van der Waals surface area (Å²) in [5.41, 5.74) is 3.60. The minimum Gasteiger partial charge on any atom is -0.383 e. The molecule has 0 atom stereocenters. The molecule has 0 spiro atoms. The minimum atomic E-state index is 0.712. The van der Waals surface area contributed by atoms with E-state index >= 15 is 0 Å². The summed E-state index contributed by atoms with van der Waals surface area (Å²) in [6, 6.07) is 12.4. The van der Waals surface area contributed by atoms with Crippen LogP contribution >= 0.6 is 0 Å². The van der Waals surface area contributed by atoms with E-state index in [1.807, 2.05) is 12.3 Å². The van der Waals surface area contributed by atoms with Crippen molar-refractivity contribution in [2.45, 2.75) is 13.5 Å². The maximum atomic E-state index is 5.05. The molecule has 4 nitrogen and oxygen atoms in total. The predicted molar refractivity (Wildman–Crippen MR) is 87.1 cm³/mol. The lowest BCUT2D eigenvalue weighted by Crippen LogP contribution is -2.21. The molecule has 0 amide bonds. The van der Waals surface area contributed by atoms with Gasteiger partial charge in [0.25, 0.3) is 0 Å². The van der Waals surface area contributed by atoms with E-state index in [9.17, 15) is 0 Å². The zero-order valence-corrected chi connectivity index (χ0v) is 13.0. The van der Waals surface area contributed by atoms with Crippen molar-refractivity contribution < 1.29 is 4.74 Å². The van der Waals surface area contributed by atoms with E-state index in [1.54, 1.807) is 7.11 Å². The molecular weight excluding hydrogens is 262 g/mol. The monoisotopic (exact) mass is 285 g/mol. The number of pyridine rings is 1. The number of ether oxygens (including phenoxy) is 1. The molecule has 0 saturated carbocycles. The predicted octanol–water partition coefficient (Wildman–Crippen LogP) is 2.89. The van der Waals surface area contributed by atoms with Crippen LogP contribution in [0.3, 0.4) is 0 Å². The molecule has 1 aromatic heterocycles. The molecule has 0 aliphatic heterocycles. The Labute approximate surface area is 126 Å². The van der Waals surface area contributed by atoms with Crippen molar-refractivity contribution in [3.8, 4) is 0 Å². The number of aryl methyl sites for hydroxylation is 1. The molecule has 0 unspecified atom stereocenters. The van der Waals surface area contributed by atoms with Crippen molar-refractivity contribution in [1.29, 1.82) is 0 Å². The second-order valence-electron chi connectivity index (χ2n) is 5.00. The third kappa shape index (κ3) is 4.03. The van der Waals surface area contributed by atoms with Gasteiger partial charge in [0.2, 0.25) is 0 Å². The second kappa shape index (κ2) is 7.76. The van der Waals surface area contributed by atoms with Crippen LogP contribution in [0.1, 0.15) is 11.1 Å². The Bertz CT molecular complexity index is 571. The van der Waals surface area contributed by atoms with E-state index in [0.717, 1.165) is 18.9 Å². The topological polar surface area (TPSA) is 37.4 Å². The van der Waals surface area contributed by atoms with Gasteiger partial charge in [0.05, 0.1) is 6.61 Å². The lowest BCUT2D eigenvalue weighted by Gasteiger charge is -2.23. The number of hydrogen-bond acceptors (Lipinski definition) is 4. The molecule has 21 heavy (non-hydrogen) atoms. The van der Waals surface area contributed by atoms with E-state index in [-0.39, 0.29) is 0 Å². The molecule has 0 bridgehead atoms. The molecule has 1 N–H and O–H groups in total. The maximum absolute atomic E-state index is 5.05. The normalized spacial score (nSPS) is 10.6. The molecule has 1 heterocycles. The van der Waals surface area contributed by atoms with Crippen LogP contribution in [0.25, 0.3) is 0 Å². The summed E-state index contributed by atoms with van der Waals surface area (Å²) in [5, 5.41) is 3.37. The van der Waals surface area contributed by atoms with Crippen LogP contribution < -0.4 is 10.2 Å². The number of anilines is 2. The van der Waals surface area contributed by atoms with E-state index in [4.69, 9.17) is 4.74 Å². The highest BCUT2D eigenvalue weighted by molar-refractivity contribution is 5.65. The Kier molecular flexibility index (Phi) is 5.72. The van der Waals surface area contributed by atoms with Gasteiger partial charge < -0.3 is 15.0 Å². The molecule has 0 aliphatic rings. The molecule has 0 fully saturated rings. The Morgan fingerprint density at radius 1 is 1.19 bits per heavy atom. The van der Waals surface area contributed by atoms with Crippen molar-refractivity contribution in [1.82, 2.24) is 10.3 Å².